The highest BCUT2D eigenvalue weighted by Gasteiger charge is 2.02. The van der Waals surface area contributed by atoms with Crippen LogP contribution in [0.3, 0.4) is 0 Å². The van der Waals surface area contributed by atoms with Gasteiger partial charge in [-0.25, -0.2) is 14.4 Å². The van der Waals surface area contributed by atoms with E-state index in [0.717, 1.165) is 16.9 Å². The Morgan fingerprint density at radius 2 is 1.48 bits per heavy atom. The molecule has 3 aromatic rings. The van der Waals surface area contributed by atoms with Crippen LogP contribution in [0.1, 0.15) is 5.56 Å². The molecule has 0 spiro atoms. The van der Waals surface area contributed by atoms with Crippen LogP contribution in [0.5, 0.6) is 0 Å². The Morgan fingerprint density at radius 1 is 0.870 bits per heavy atom. The van der Waals surface area contributed by atoms with Crippen molar-refractivity contribution in [3.63, 3.8) is 0 Å². The van der Waals surface area contributed by atoms with Gasteiger partial charge >= 0.3 is 0 Å². The average Bonchev–Trinajstić information content (AvgIpc) is 2.54. The molecule has 0 aliphatic heterocycles. The molecule has 2 N–H and O–H groups in total. The molecular formula is C17H14ClFN4. The lowest BCUT2D eigenvalue weighted by atomic mass is 10.2. The van der Waals surface area contributed by atoms with Gasteiger partial charge in [0.25, 0.3) is 0 Å². The van der Waals surface area contributed by atoms with Crippen LogP contribution in [0.15, 0.2) is 54.9 Å². The number of aryl methyl sites for hydroxylation is 1. The number of halogens is 2. The Morgan fingerprint density at radius 3 is 2.13 bits per heavy atom. The lowest BCUT2D eigenvalue weighted by Gasteiger charge is -2.09. The Balaban J connectivity index is 1.76. The third-order valence-corrected chi connectivity index (χ3v) is 3.64. The summed E-state index contributed by atoms with van der Waals surface area (Å²) in [6.45, 7) is 1.95. The van der Waals surface area contributed by atoms with Crippen LogP contribution >= 0.6 is 11.6 Å². The molecule has 0 fully saturated rings. The summed E-state index contributed by atoms with van der Waals surface area (Å²) in [5.41, 5.74) is 2.60. The van der Waals surface area contributed by atoms with Crippen molar-refractivity contribution in [3.8, 4) is 0 Å². The fourth-order valence-electron chi connectivity index (χ4n) is 1.99. The Kier molecular flexibility index (Phi) is 4.39. The number of benzene rings is 2. The highest BCUT2D eigenvalue weighted by atomic mass is 35.5. The lowest BCUT2D eigenvalue weighted by Crippen LogP contribution is -1.98. The minimum absolute atomic E-state index is 0.281. The van der Waals surface area contributed by atoms with E-state index in [1.165, 1.54) is 18.5 Å². The second kappa shape index (κ2) is 6.62. The molecule has 0 bridgehead atoms. The molecule has 1 aromatic heterocycles. The van der Waals surface area contributed by atoms with E-state index >= 15 is 0 Å². The monoisotopic (exact) mass is 328 g/mol. The summed E-state index contributed by atoms with van der Waals surface area (Å²) < 4.78 is 12.9. The van der Waals surface area contributed by atoms with Gasteiger partial charge < -0.3 is 10.6 Å². The van der Waals surface area contributed by atoms with Gasteiger partial charge in [-0.2, -0.15) is 0 Å². The normalized spacial score (nSPS) is 10.4. The molecule has 0 aliphatic rings. The third-order valence-electron chi connectivity index (χ3n) is 3.23. The maximum absolute atomic E-state index is 12.9. The number of nitrogens with one attached hydrogen (secondary N) is 2. The van der Waals surface area contributed by atoms with E-state index in [4.69, 9.17) is 11.6 Å². The van der Waals surface area contributed by atoms with Gasteiger partial charge in [-0.1, -0.05) is 17.7 Å². The Labute approximate surface area is 138 Å². The van der Waals surface area contributed by atoms with E-state index in [1.54, 1.807) is 18.2 Å². The van der Waals surface area contributed by atoms with Gasteiger partial charge in [-0.3, -0.25) is 0 Å². The van der Waals surface area contributed by atoms with Crippen LogP contribution in [-0.2, 0) is 0 Å². The predicted molar refractivity (Wildman–Crippen MR) is 91.2 cm³/mol. The van der Waals surface area contributed by atoms with Gasteiger partial charge in [0.2, 0.25) is 0 Å². The van der Waals surface area contributed by atoms with Crippen molar-refractivity contribution in [2.24, 2.45) is 0 Å². The third kappa shape index (κ3) is 3.96. The highest BCUT2D eigenvalue weighted by molar-refractivity contribution is 6.31. The van der Waals surface area contributed by atoms with Crippen molar-refractivity contribution in [2.45, 2.75) is 6.92 Å². The van der Waals surface area contributed by atoms with E-state index < -0.39 is 0 Å². The summed E-state index contributed by atoms with van der Waals surface area (Å²) in [6, 6.07) is 13.5. The second-order valence-corrected chi connectivity index (χ2v) is 5.42. The number of hydrogen-bond acceptors (Lipinski definition) is 4. The summed E-state index contributed by atoms with van der Waals surface area (Å²) in [5.74, 6) is 0.952. The number of aromatic nitrogens is 2. The molecule has 0 saturated carbocycles. The lowest BCUT2D eigenvalue weighted by molar-refractivity contribution is 0.628. The highest BCUT2D eigenvalue weighted by Crippen LogP contribution is 2.23. The van der Waals surface area contributed by atoms with Crippen LogP contribution in [0.25, 0.3) is 0 Å². The number of nitrogens with zero attached hydrogens (tertiary/aromatic N) is 2. The summed E-state index contributed by atoms with van der Waals surface area (Å²) in [4.78, 5) is 8.33. The number of hydrogen-bond donors (Lipinski definition) is 2. The SMILES string of the molecule is Cc1ccc(Nc2cc(Nc3ccc(F)cc3)ncn2)cc1Cl. The zero-order valence-electron chi connectivity index (χ0n) is 12.3. The van der Waals surface area contributed by atoms with Crippen LogP contribution in [0, 0.1) is 12.7 Å². The number of anilines is 4. The largest absolute Gasteiger partial charge is 0.340 e. The van der Waals surface area contributed by atoms with Crippen molar-refractivity contribution in [1.29, 1.82) is 0 Å². The summed E-state index contributed by atoms with van der Waals surface area (Å²) in [7, 11) is 0. The fourth-order valence-corrected chi connectivity index (χ4v) is 2.17. The van der Waals surface area contributed by atoms with E-state index in [9.17, 15) is 4.39 Å². The molecule has 2 aromatic carbocycles. The molecule has 23 heavy (non-hydrogen) atoms. The molecule has 0 radical (unpaired) electrons. The zero-order chi connectivity index (χ0) is 16.2. The molecule has 0 amide bonds. The van der Waals surface area contributed by atoms with E-state index in [0.29, 0.717) is 16.7 Å². The van der Waals surface area contributed by atoms with Crippen LogP contribution in [-0.4, -0.2) is 9.97 Å². The van der Waals surface area contributed by atoms with Crippen molar-refractivity contribution in [1.82, 2.24) is 9.97 Å². The molecular weight excluding hydrogens is 315 g/mol. The molecule has 1 heterocycles. The summed E-state index contributed by atoms with van der Waals surface area (Å²) in [5, 5.41) is 6.95. The van der Waals surface area contributed by atoms with Crippen molar-refractivity contribution in [2.75, 3.05) is 10.6 Å². The average molecular weight is 329 g/mol. The van der Waals surface area contributed by atoms with Crippen molar-refractivity contribution >= 4 is 34.6 Å². The molecule has 116 valence electrons. The minimum Gasteiger partial charge on any atom is -0.340 e. The van der Waals surface area contributed by atoms with Gasteiger partial charge in [0.1, 0.15) is 23.8 Å². The molecule has 3 rings (SSSR count). The van der Waals surface area contributed by atoms with E-state index in [-0.39, 0.29) is 5.82 Å². The summed E-state index contributed by atoms with van der Waals surface area (Å²) >= 11 is 6.12. The van der Waals surface area contributed by atoms with Crippen molar-refractivity contribution < 1.29 is 4.39 Å². The molecule has 0 aliphatic carbocycles. The van der Waals surface area contributed by atoms with Crippen LogP contribution in [0.2, 0.25) is 5.02 Å². The molecule has 6 heteroatoms. The van der Waals surface area contributed by atoms with Crippen LogP contribution in [0.4, 0.5) is 27.4 Å². The predicted octanol–water partition coefficient (Wildman–Crippen LogP) is 5.06. The molecule has 0 atom stereocenters. The van der Waals surface area contributed by atoms with Gasteiger partial charge in [0.15, 0.2) is 0 Å². The number of rotatable bonds is 4. The standard InChI is InChI=1S/C17H14ClFN4/c1-11-2-5-14(8-15(11)18)23-17-9-16(20-10-21-17)22-13-6-3-12(19)4-7-13/h2-10H,1H3,(H2,20,21,22,23). The van der Waals surface area contributed by atoms with Gasteiger partial charge in [-0.15, -0.1) is 0 Å². The maximum Gasteiger partial charge on any atom is 0.135 e. The Bertz CT molecular complexity index is 821. The first kappa shape index (κ1) is 15.2. The topological polar surface area (TPSA) is 49.8 Å². The van der Waals surface area contributed by atoms with Gasteiger partial charge in [0.05, 0.1) is 0 Å². The maximum atomic E-state index is 12.9. The van der Waals surface area contributed by atoms with E-state index in [1.807, 2.05) is 25.1 Å². The summed E-state index contributed by atoms with van der Waals surface area (Å²) in [6.07, 6.45) is 1.45. The first-order chi connectivity index (χ1) is 11.1. The van der Waals surface area contributed by atoms with Gasteiger partial charge in [0, 0.05) is 22.5 Å². The zero-order valence-corrected chi connectivity index (χ0v) is 13.1. The molecule has 4 nitrogen and oxygen atoms in total. The minimum atomic E-state index is -0.281. The quantitative estimate of drug-likeness (QED) is 0.702. The second-order valence-electron chi connectivity index (χ2n) is 5.01. The first-order valence-corrected chi connectivity index (χ1v) is 7.36. The first-order valence-electron chi connectivity index (χ1n) is 6.98. The fraction of sp³-hybridized carbons (Fsp3) is 0.0588. The Hall–Kier alpha value is -2.66. The molecule has 0 unspecified atom stereocenters. The van der Waals surface area contributed by atoms with E-state index in [2.05, 4.69) is 20.6 Å². The van der Waals surface area contributed by atoms with Crippen LogP contribution < -0.4 is 10.6 Å². The molecule has 0 saturated heterocycles. The van der Waals surface area contributed by atoms with Gasteiger partial charge in [-0.05, 0) is 48.9 Å². The smallest absolute Gasteiger partial charge is 0.135 e. The van der Waals surface area contributed by atoms with Crippen molar-refractivity contribution in [3.05, 3.63) is 71.3 Å².